The van der Waals surface area contributed by atoms with Gasteiger partial charge in [-0.05, 0) is 23.5 Å². The van der Waals surface area contributed by atoms with E-state index in [9.17, 15) is 4.79 Å². The van der Waals surface area contributed by atoms with E-state index in [1.807, 2.05) is 6.07 Å². The van der Waals surface area contributed by atoms with Gasteiger partial charge in [-0.3, -0.25) is 4.79 Å². The standard InChI is InChI=1S/C17H22ClNO2S/c1-17(2,3)11-6-7-12-13(10-11)22-15(14(12)18)16(20)19-8-5-9-21-4/h6-7,10H,5,8-9H2,1-4H3,(H,19,20). The van der Waals surface area contributed by atoms with E-state index in [1.54, 1.807) is 7.11 Å². The minimum atomic E-state index is -0.111. The van der Waals surface area contributed by atoms with Crippen LogP contribution >= 0.6 is 22.9 Å². The van der Waals surface area contributed by atoms with Crippen molar-refractivity contribution < 1.29 is 9.53 Å². The number of hydrogen-bond acceptors (Lipinski definition) is 3. The van der Waals surface area contributed by atoms with E-state index < -0.39 is 0 Å². The average Bonchev–Trinajstić information content (AvgIpc) is 2.79. The minimum absolute atomic E-state index is 0.0766. The number of thiophene rings is 1. The van der Waals surface area contributed by atoms with E-state index in [0.717, 1.165) is 16.5 Å². The van der Waals surface area contributed by atoms with Gasteiger partial charge in [0, 0.05) is 30.3 Å². The molecule has 0 saturated carbocycles. The molecule has 0 aliphatic heterocycles. The lowest BCUT2D eigenvalue weighted by Gasteiger charge is -2.18. The summed E-state index contributed by atoms with van der Waals surface area (Å²) in [7, 11) is 1.65. The van der Waals surface area contributed by atoms with E-state index in [-0.39, 0.29) is 11.3 Å². The lowest BCUT2D eigenvalue weighted by atomic mass is 9.87. The second-order valence-electron chi connectivity index (χ2n) is 6.31. The highest BCUT2D eigenvalue weighted by Crippen LogP contribution is 2.37. The molecule has 1 aromatic carbocycles. The molecule has 0 atom stereocenters. The molecule has 0 aliphatic carbocycles. The molecule has 1 N–H and O–H groups in total. The number of halogens is 1. The number of hydrogen-bond donors (Lipinski definition) is 1. The first kappa shape index (κ1) is 17.3. The van der Waals surface area contributed by atoms with Crippen molar-refractivity contribution in [3.8, 4) is 0 Å². The first-order valence-corrected chi connectivity index (χ1v) is 8.53. The van der Waals surface area contributed by atoms with Crippen LogP contribution in [0.2, 0.25) is 5.02 Å². The summed E-state index contributed by atoms with van der Waals surface area (Å²) in [6.07, 6.45) is 0.791. The van der Waals surface area contributed by atoms with Crippen LogP contribution in [-0.4, -0.2) is 26.2 Å². The first-order valence-electron chi connectivity index (χ1n) is 7.34. The number of nitrogens with one attached hydrogen (secondary N) is 1. The number of fused-ring (bicyclic) bond motifs is 1. The Morgan fingerprint density at radius 3 is 2.73 bits per heavy atom. The lowest BCUT2D eigenvalue weighted by molar-refractivity contribution is 0.0953. The summed E-state index contributed by atoms with van der Waals surface area (Å²) >= 11 is 7.83. The largest absolute Gasteiger partial charge is 0.385 e. The first-order chi connectivity index (χ1) is 10.3. The SMILES string of the molecule is COCCCNC(=O)c1sc2cc(C(C)(C)C)ccc2c1Cl. The number of methoxy groups -OCH3 is 1. The van der Waals surface area contributed by atoms with Gasteiger partial charge in [0.15, 0.2) is 0 Å². The van der Waals surface area contributed by atoms with Crippen LogP contribution in [-0.2, 0) is 10.2 Å². The third kappa shape index (κ3) is 3.80. The topological polar surface area (TPSA) is 38.3 Å². The molecule has 120 valence electrons. The molecule has 0 saturated heterocycles. The number of ether oxygens (including phenoxy) is 1. The maximum atomic E-state index is 12.3. The number of benzene rings is 1. The zero-order chi connectivity index (χ0) is 16.3. The van der Waals surface area contributed by atoms with Crippen molar-refractivity contribution in [2.75, 3.05) is 20.3 Å². The monoisotopic (exact) mass is 339 g/mol. The van der Waals surface area contributed by atoms with E-state index in [0.29, 0.717) is 23.1 Å². The average molecular weight is 340 g/mol. The summed E-state index contributed by atoms with van der Waals surface area (Å²) in [5, 5.41) is 4.38. The van der Waals surface area contributed by atoms with E-state index in [4.69, 9.17) is 16.3 Å². The van der Waals surface area contributed by atoms with Gasteiger partial charge in [0.05, 0.1) is 5.02 Å². The molecule has 0 spiro atoms. The van der Waals surface area contributed by atoms with Crippen molar-refractivity contribution in [1.29, 1.82) is 0 Å². The quantitative estimate of drug-likeness (QED) is 0.807. The molecule has 2 aromatic rings. The van der Waals surface area contributed by atoms with Gasteiger partial charge in [0.25, 0.3) is 5.91 Å². The van der Waals surface area contributed by atoms with Crippen molar-refractivity contribution in [2.24, 2.45) is 0 Å². The van der Waals surface area contributed by atoms with Gasteiger partial charge in [0.1, 0.15) is 4.88 Å². The third-order valence-electron chi connectivity index (χ3n) is 3.51. The third-order valence-corrected chi connectivity index (χ3v) is 5.17. The van der Waals surface area contributed by atoms with Gasteiger partial charge < -0.3 is 10.1 Å². The zero-order valence-electron chi connectivity index (χ0n) is 13.5. The second-order valence-corrected chi connectivity index (χ2v) is 7.74. The Bertz CT molecular complexity index is 673. The predicted octanol–water partition coefficient (Wildman–Crippen LogP) is 4.62. The summed E-state index contributed by atoms with van der Waals surface area (Å²) in [6.45, 7) is 7.74. The van der Waals surface area contributed by atoms with Crippen LogP contribution in [0.15, 0.2) is 18.2 Å². The highest BCUT2D eigenvalue weighted by atomic mass is 35.5. The van der Waals surface area contributed by atoms with Crippen LogP contribution in [0.4, 0.5) is 0 Å². The summed E-state index contributed by atoms with van der Waals surface area (Å²) < 4.78 is 6.03. The van der Waals surface area contributed by atoms with Crippen molar-refractivity contribution in [3.05, 3.63) is 33.7 Å². The van der Waals surface area contributed by atoms with Crippen LogP contribution in [0.25, 0.3) is 10.1 Å². The van der Waals surface area contributed by atoms with Crippen LogP contribution in [0.1, 0.15) is 42.4 Å². The summed E-state index contributed by atoms with van der Waals surface area (Å²) in [6, 6.07) is 6.23. The molecule has 3 nitrogen and oxygen atoms in total. The maximum absolute atomic E-state index is 12.3. The summed E-state index contributed by atoms with van der Waals surface area (Å²) in [5.41, 5.74) is 1.32. The fourth-order valence-corrected chi connectivity index (χ4v) is 3.65. The van der Waals surface area contributed by atoms with E-state index >= 15 is 0 Å². The Labute approximate surface area is 140 Å². The molecule has 2 rings (SSSR count). The minimum Gasteiger partial charge on any atom is -0.385 e. The number of carbonyl (C=O) groups excluding carboxylic acids is 1. The summed E-state index contributed by atoms with van der Waals surface area (Å²) in [4.78, 5) is 12.8. The van der Waals surface area contributed by atoms with Crippen molar-refractivity contribution >= 4 is 38.9 Å². The van der Waals surface area contributed by atoms with Gasteiger partial charge in [0.2, 0.25) is 0 Å². The van der Waals surface area contributed by atoms with Crippen molar-refractivity contribution in [3.63, 3.8) is 0 Å². The molecular formula is C17H22ClNO2S. The van der Waals surface area contributed by atoms with E-state index in [1.165, 1.54) is 16.9 Å². The molecule has 5 heteroatoms. The Balaban J connectivity index is 2.24. The van der Waals surface area contributed by atoms with Gasteiger partial charge in [-0.15, -0.1) is 11.3 Å². The van der Waals surface area contributed by atoms with Crippen LogP contribution < -0.4 is 5.32 Å². The molecule has 22 heavy (non-hydrogen) atoms. The molecule has 1 heterocycles. The molecule has 1 amide bonds. The number of rotatable bonds is 5. The fraction of sp³-hybridized carbons (Fsp3) is 0.471. The van der Waals surface area contributed by atoms with Crippen LogP contribution in [0.3, 0.4) is 0 Å². The van der Waals surface area contributed by atoms with Gasteiger partial charge in [-0.1, -0.05) is 44.5 Å². The summed E-state index contributed by atoms with van der Waals surface area (Å²) in [5.74, 6) is -0.111. The lowest BCUT2D eigenvalue weighted by Crippen LogP contribution is -2.24. The predicted molar refractivity (Wildman–Crippen MR) is 94.4 cm³/mol. The van der Waals surface area contributed by atoms with Gasteiger partial charge in [-0.2, -0.15) is 0 Å². The number of carbonyl (C=O) groups is 1. The van der Waals surface area contributed by atoms with Gasteiger partial charge >= 0.3 is 0 Å². The van der Waals surface area contributed by atoms with Crippen LogP contribution in [0.5, 0.6) is 0 Å². The van der Waals surface area contributed by atoms with Crippen LogP contribution in [0, 0.1) is 0 Å². The fourth-order valence-electron chi connectivity index (χ4n) is 2.18. The molecule has 0 fully saturated rings. The smallest absolute Gasteiger partial charge is 0.262 e. The Morgan fingerprint density at radius 2 is 2.09 bits per heavy atom. The Hall–Kier alpha value is -1.10. The second kappa shape index (κ2) is 6.99. The highest BCUT2D eigenvalue weighted by Gasteiger charge is 2.19. The van der Waals surface area contributed by atoms with Crippen molar-refractivity contribution in [2.45, 2.75) is 32.6 Å². The molecule has 0 unspecified atom stereocenters. The van der Waals surface area contributed by atoms with Gasteiger partial charge in [-0.25, -0.2) is 0 Å². The Kier molecular flexibility index (Phi) is 5.48. The molecule has 0 aliphatic rings. The molecular weight excluding hydrogens is 318 g/mol. The van der Waals surface area contributed by atoms with E-state index in [2.05, 4.69) is 38.2 Å². The molecule has 1 aromatic heterocycles. The normalized spacial score (nSPS) is 11.9. The molecule has 0 bridgehead atoms. The number of amides is 1. The zero-order valence-corrected chi connectivity index (χ0v) is 15.0. The Morgan fingerprint density at radius 1 is 1.36 bits per heavy atom. The highest BCUT2D eigenvalue weighted by molar-refractivity contribution is 7.21. The van der Waals surface area contributed by atoms with Crippen molar-refractivity contribution in [1.82, 2.24) is 5.32 Å². The molecule has 0 radical (unpaired) electrons. The maximum Gasteiger partial charge on any atom is 0.262 e.